The highest BCUT2D eigenvalue weighted by atomic mass is 32.2. The van der Waals surface area contributed by atoms with Crippen LogP contribution in [0.25, 0.3) is 16.7 Å². The van der Waals surface area contributed by atoms with E-state index in [2.05, 4.69) is 4.98 Å². The van der Waals surface area contributed by atoms with Crippen molar-refractivity contribution in [3.63, 3.8) is 0 Å². The predicted octanol–water partition coefficient (Wildman–Crippen LogP) is 1.71. The Labute approximate surface area is 159 Å². The van der Waals surface area contributed by atoms with Gasteiger partial charge in [-0.25, -0.2) is 17.4 Å². The van der Waals surface area contributed by atoms with Crippen LogP contribution >= 0.6 is 0 Å². The van der Waals surface area contributed by atoms with E-state index in [1.807, 2.05) is 0 Å². The van der Waals surface area contributed by atoms with Crippen LogP contribution in [-0.2, 0) is 16.4 Å². The molecule has 0 atom stereocenters. The van der Waals surface area contributed by atoms with Crippen molar-refractivity contribution in [3.05, 3.63) is 70.9 Å². The first kappa shape index (κ1) is 18.1. The minimum atomic E-state index is -4.07. The molecule has 3 aromatic heterocycles. The second-order valence-corrected chi connectivity index (χ2v) is 8.10. The van der Waals surface area contributed by atoms with E-state index in [0.717, 1.165) is 24.3 Å². The Hall–Kier alpha value is -3.33. The molecule has 9 heteroatoms. The molecule has 1 aromatic carbocycles. The molecule has 0 radical (unpaired) electrons. The van der Waals surface area contributed by atoms with Gasteiger partial charge in [0.1, 0.15) is 16.1 Å². The van der Waals surface area contributed by atoms with Crippen molar-refractivity contribution >= 4 is 32.3 Å². The van der Waals surface area contributed by atoms with E-state index < -0.39 is 21.2 Å². The van der Waals surface area contributed by atoms with Crippen LogP contribution in [0.5, 0.6) is 0 Å². The lowest BCUT2D eigenvalue weighted by Gasteiger charge is -2.11. The summed E-state index contributed by atoms with van der Waals surface area (Å²) in [7, 11) is -4.07. The number of hydrogen-bond acceptors (Lipinski definition) is 5. The van der Waals surface area contributed by atoms with E-state index in [9.17, 15) is 17.6 Å². The molecule has 7 nitrogen and oxygen atoms in total. The van der Waals surface area contributed by atoms with Crippen LogP contribution in [0.1, 0.15) is 6.92 Å². The minimum Gasteiger partial charge on any atom is -0.317 e. The Morgan fingerprint density at radius 1 is 1.18 bits per heavy atom. The molecule has 0 unspecified atom stereocenters. The van der Waals surface area contributed by atoms with Gasteiger partial charge in [0, 0.05) is 6.20 Å². The number of hydrogen-bond donors (Lipinski definition) is 1. The van der Waals surface area contributed by atoms with E-state index in [1.165, 1.54) is 15.0 Å². The monoisotopic (exact) mass is 399 g/mol. The smallest absolute Gasteiger partial charge is 0.278 e. The van der Waals surface area contributed by atoms with E-state index in [0.29, 0.717) is 17.8 Å². The lowest BCUT2D eigenvalue weighted by Crippen LogP contribution is -2.40. The van der Waals surface area contributed by atoms with Crippen LogP contribution in [0.15, 0.2) is 69.3 Å². The highest BCUT2D eigenvalue weighted by molar-refractivity contribution is 7.91. The molecule has 0 aliphatic rings. The van der Waals surface area contributed by atoms with Crippen molar-refractivity contribution in [1.82, 2.24) is 9.38 Å². The molecule has 0 aliphatic carbocycles. The van der Waals surface area contributed by atoms with Crippen molar-refractivity contribution < 1.29 is 17.4 Å². The van der Waals surface area contributed by atoms with Gasteiger partial charge in [-0.3, -0.25) is 9.20 Å². The summed E-state index contributed by atoms with van der Waals surface area (Å²) in [4.78, 5) is 17.1. The summed E-state index contributed by atoms with van der Waals surface area (Å²) >= 11 is 0. The summed E-state index contributed by atoms with van der Waals surface area (Å²) in [6, 6.07) is 10.8. The van der Waals surface area contributed by atoms with Crippen LogP contribution in [0, 0.1) is 5.82 Å². The summed E-state index contributed by atoms with van der Waals surface area (Å²) < 4.78 is 42.3. The molecule has 142 valence electrons. The lowest BCUT2D eigenvalue weighted by atomic mass is 10.3. The van der Waals surface area contributed by atoms with Crippen molar-refractivity contribution in [1.29, 1.82) is 0 Å². The molecular formula is C19H16FN4O3S+. The Morgan fingerprint density at radius 2 is 1.89 bits per heavy atom. The number of fused-ring (bicyclic) bond motifs is 2. The molecule has 2 N–H and O–H groups in total. The molecule has 0 aliphatic heterocycles. The zero-order valence-electron chi connectivity index (χ0n) is 14.8. The molecule has 0 saturated carbocycles. The second kappa shape index (κ2) is 6.38. The molecule has 0 bridgehead atoms. The summed E-state index contributed by atoms with van der Waals surface area (Å²) in [6.07, 6.45) is 1.56. The Morgan fingerprint density at radius 3 is 2.57 bits per heavy atom. The van der Waals surface area contributed by atoms with Gasteiger partial charge in [-0.05, 0) is 49.4 Å². The van der Waals surface area contributed by atoms with Gasteiger partial charge in [0.05, 0.1) is 11.4 Å². The third-order valence-corrected chi connectivity index (χ3v) is 6.35. The van der Waals surface area contributed by atoms with Crippen molar-refractivity contribution in [2.24, 2.45) is 0 Å². The normalized spacial score (nSPS) is 11.9. The molecule has 0 saturated heterocycles. The Bertz CT molecular complexity index is 1400. The first-order valence-electron chi connectivity index (χ1n) is 8.48. The fourth-order valence-corrected chi connectivity index (χ4v) is 4.56. The highest BCUT2D eigenvalue weighted by Gasteiger charge is 2.28. The number of sulfone groups is 1. The second-order valence-electron chi connectivity index (χ2n) is 6.18. The van der Waals surface area contributed by atoms with E-state index >= 15 is 0 Å². The molecule has 0 spiro atoms. The van der Waals surface area contributed by atoms with Crippen LogP contribution in [-0.4, -0.2) is 17.8 Å². The number of nitrogens with two attached hydrogens (primary N) is 1. The summed E-state index contributed by atoms with van der Waals surface area (Å²) in [5.74, 6) is -0.588. The summed E-state index contributed by atoms with van der Waals surface area (Å²) in [6.45, 7) is 2.09. The number of nitrogens with zero attached hydrogens (tertiary/aromatic N) is 3. The topological polar surface area (TPSA) is 98.4 Å². The van der Waals surface area contributed by atoms with Crippen LogP contribution in [0.2, 0.25) is 0 Å². The minimum absolute atomic E-state index is 0.0356. The van der Waals surface area contributed by atoms with Crippen molar-refractivity contribution in [3.8, 4) is 0 Å². The van der Waals surface area contributed by atoms with Gasteiger partial charge in [-0.15, -0.1) is 0 Å². The molecule has 4 aromatic rings. The Balaban J connectivity index is 2.12. The first-order chi connectivity index (χ1) is 13.3. The first-order valence-corrected chi connectivity index (χ1v) is 9.97. The molecule has 0 fully saturated rings. The number of pyridine rings is 2. The van der Waals surface area contributed by atoms with Gasteiger partial charge >= 0.3 is 0 Å². The molecule has 3 heterocycles. The average Bonchev–Trinajstić information content (AvgIpc) is 2.68. The fourth-order valence-electron chi connectivity index (χ4n) is 3.15. The van der Waals surface area contributed by atoms with Gasteiger partial charge in [0.2, 0.25) is 21.3 Å². The van der Waals surface area contributed by atoms with Crippen LogP contribution < -0.4 is 15.9 Å². The number of benzene rings is 1. The van der Waals surface area contributed by atoms with Crippen LogP contribution in [0.4, 0.5) is 10.2 Å². The highest BCUT2D eigenvalue weighted by Crippen LogP contribution is 2.26. The maximum Gasteiger partial charge on any atom is 0.278 e. The quantitative estimate of drug-likeness (QED) is 0.321. The summed E-state index contributed by atoms with van der Waals surface area (Å²) in [5, 5.41) is 0.125. The van der Waals surface area contributed by atoms with Gasteiger partial charge in [-0.1, -0.05) is 11.1 Å². The largest absolute Gasteiger partial charge is 0.317 e. The number of anilines is 1. The van der Waals surface area contributed by atoms with Gasteiger partial charge in [0.25, 0.3) is 11.2 Å². The number of halogens is 1. The molecular weight excluding hydrogens is 383 g/mol. The van der Waals surface area contributed by atoms with Gasteiger partial charge in [0.15, 0.2) is 0 Å². The van der Waals surface area contributed by atoms with Crippen molar-refractivity contribution in [2.45, 2.75) is 23.3 Å². The summed E-state index contributed by atoms with van der Waals surface area (Å²) in [5.41, 5.74) is 6.49. The number of rotatable bonds is 3. The third-order valence-electron chi connectivity index (χ3n) is 4.55. The third kappa shape index (κ3) is 2.63. The van der Waals surface area contributed by atoms with E-state index in [-0.39, 0.29) is 21.0 Å². The number of aryl methyl sites for hydroxylation is 1. The number of aromatic nitrogens is 3. The standard InChI is InChI=1S/C19H15FN4O3S/c1-2-23-17(21)15(28(26,27)13-8-6-12(20)7-9-13)11-14-18(23)22-16-5-3-4-10-24(16)19(14)25/h3-11,21H,2H2,1H3/p+1. The van der Waals surface area contributed by atoms with E-state index in [4.69, 9.17) is 5.73 Å². The molecule has 0 amide bonds. The maximum atomic E-state index is 13.2. The molecule has 4 rings (SSSR count). The number of nitrogen functional groups attached to an aromatic ring is 1. The molecule has 28 heavy (non-hydrogen) atoms. The zero-order valence-corrected chi connectivity index (χ0v) is 15.6. The fraction of sp³-hybridized carbons (Fsp3) is 0.105. The van der Waals surface area contributed by atoms with Crippen molar-refractivity contribution in [2.75, 3.05) is 5.73 Å². The van der Waals surface area contributed by atoms with Crippen LogP contribution in [0.3, 0.4) is 0 Å². The maximum absolute atomic E-state index is 13.2. The zero-order chi connectivity index (χ0) is 20.1. The lowest BCUT2D eigenvalue weighted by molar-refractivity contribution is -0.656. The van der Waals surface area contributed by atoms with E-state index in [1.54, 1.807) is 31.3 Å². The SMILES string of the molecule is CC[n+]1c(N)c(S(=O)(=O)c2ccc(F)cc2)cc2c(=O)n3ccccc3nc21. The average molecular weight is 399 g/mol. The predicted molar refractivity (Wildman–Crippen MR) is 101 cm³/mol. The van der Waals surface area contributed by atoms with Gasteiger partial charge < -0.3 is 5.73 Å². The Kier molecular flexibility index (Phi) is 4.11. The van der Waals surface area contributed by atoms with Gasteiger partial charge in [-0.2, -0.15) is 0 Å².